The van der Waals surface area contributed by atoms with Crippen LogP contribution in [0.3, 0.4) is 0 Å². The van der Waals surface area contributed by atoms with Crippen LogP contribution < -0.4 is 0 Å². The Kier molecular flexibility index (Phi) is 4.39. The van der Waals surface area contributed by atoms with Gasteiger partial charge in [-0.3, -0.25) is 4.79 Å². The van der Waals surface area contributed by atoms with Gasteiger partial charge < -0.3 is 16.0 Å². The van der Waals surface area contributed by atoms with Crippen molar-refractivity contribution in [2.24, 2.45) is 5.92 Å². The summed E-state index contributed by atoms with van der Waals surface area (Å²) < 4.78 is 4.46. The molecule has 1 aliphatic rings. The van der Waals surface area contributed by atoms with E-state index in [2.05, 4.69) is 4.74 Å². The van der Waals surface area contributed by atoms with Gasteiger partial charge in [0.15, 0.2) is 0 Å². The van der Waals surface area contributed by atoms with Crippen molar-refractivity contribution in [2.75, 3.05) is 7.11 Å². The van der Waals surface area contributed by atoms with E-state index in [-0.39, 0.29) is 38.1 Å². The van der Waals surface area contributed by atoms with Crippen LogP contribution in [-0.4, -0.2) is 18.9 Å². The van der Waals surface area contributed by atoms with Crippen molar-refractivity contribution >= 4 is 11.8 Å². The largest absolute Gasteiger partial charge is 0.471 e. The van der Waals surface area contributed by atoms with E-state index in [0.29, 0.717) is 12.8 Å². The van der Waals surface area contributed by atoms with E-state index >= 15 is 0 Å². The molecule has 0 aromatic rings. The predicted molar refractivity (Wildman–Crippen MR) is 34.0 cm³/mol. The van der Waals surface area contributed by atoms with E-state index in [0.717, 1.165) is 0 Å². The minimum Gasteiger partial charge on any atom is -0.471 e. The van der Waals surface area contributed by atoms with Crippen molar-refractivity contribution in [3.05, 3.63) is 6.42 Å². The fourth-order valence-electron chi connectivity index (χ4n) is 1.03. The molecule has 1 rings (SSSR count). The molecule has 3 nitrogen and oxygen atoms in total. The Hall–Kier alpha value is -0.328. The third kappa shape index (κ3) is 2.64. The fourth-order valence-corrected chi connectivity index (χ4v) is 1.03. The van der Waals surface area contributed by atoms with Gasteiger partial charge in [0.05, 0.1) is 7.11 Å². The Morgan fingerprint density at radius 3 is 2.73 bits per heavy atom. The molecule has 0 heterocycles. The summed E-state index contributed by atoms with van der Waals surface area (Å²) in [4.78, 5) is 21.4. The molecule has 0 unspecified atom stereocenters. The molecular formula is C7H9O3Re-. The van der Waals surface area contributed by atoms with E-state index in [1.807, 2.05) is 0 Å². The zero-order valence-electron chi connectivity index (χ0n) is 6.17. The van der Waals surface area contributed by atoms with Crippen molar-refractivity contribution in [1.82, 2.24) is 0 Å². The third-order valence-corrected chi connectivity index (χ3v) is 1.59. The number of ether oxygens (including phenoxy) is 1. The summed E-state index contributed by atoms with van der Waals surface area (Å²) in [5.74, 6) is -0.529. The molecule has 1 radical (unpaired) electrons. The van der Waals surface area contributed by atoms with Gasteiger partial charge in [-0.2, -0.15) is 0 Å². The fraction of sp³-hybridized carbons (Fsp3) is 0.571. The Balaban J connectivity index is 0.000001000. The van der Waals surface area contributed by atoms with Crippen LogP contribution >= 0.6 is 0 Å². The molecule has 0 aliphatic heterocycles. The van der Waals surface area contributed by atoms with Crippen LogP contribution in [0.15, 0.2) is 0 Å². The van der Waals surface area contributed by atoms with Crippen LogP contribution in [0.5, 0.6) is 0 Å². The SMILES string of the molecule is COC(=O)[C@H]1[CH-]C(=O)CC1.[Re]. The number of Topliss-reactive ketones (excluding diaryl/α,β-unsaturated/α-hetero) is 1. The van der Waals surface area contributed by atoms with E-state index in [1.54, 1.807) is 0 Å². The molecule has 1 fully saturated rings. The average Bonchev–Trinajstić information content (AvgIpc) is 2.34. The monoisotopic (exact) mass is 328 g/mol. The zero-order chi connectivity index (χ0) is 7.56. The molecule has 1 atom stereocenters. The molecule has 0 bridgehead atoms. The summed E-state index contributed by atoms with van der Waals surface area (Å²) in [5.41, 5.74) is 0. The van der Waals surface area contributed by atoms with Crippen molar-refractivity contribution in [3.63, 3.8) is 0 Å². The number of ketones is 1. The maximum Gasteiger partial charge on any atom is 0.281 e. The van der Waals surface area contributed by atoms with Gasteiger partial charge in [0.1, 0.15) is 0 Å². The van der Waals surface area contributed by atoms with Crippen molar-refractivity contribution in [1.29, 1.82) is 0 Å². The molecule has 4 heteroatoms. The van der Waals surface area contributed by atoms with E-state index in [4.69, 9.17) is 0 Å². The van der Waals surface area contributed by atoms with Crippen molar-refractivity contribution < 1.29 is 34.7 Å². The Morgan fingerprint density at radius 1 is 1.73 bits per heavy atom. The first-order valence-electron chi connectivity index (χ1n) is 3.19. The molecule has 1 saturated carbocycles. The van der Waals surface area contributed by atoms with Gasteiger partial charge in [-0.1, -0.05) is 6.42 Å². The summed E-state index contributed by atoms with van der Waals surface area (Å²) in [5, 5.41) is 0. The molecule has 0 spiro atoms. The van der Waals surface area contributed by atoms with Gasteiger partial charge in [0.2, 0.25) is 0 Å². The molecule has 0 aromatic carbocycles. The van der Waals surface area contributed by atoms with Crippen molar-refractivity contribution in [3.8, 4) is 0 Å². The molecule has 0 saturated heterocycles. The second kappa shape index (κ2) is 4.53. The first-order valence-corrected chi connectivity index (χ1v) is 3.19. The topological polar surface area (TPSA) is 43.4 Å². The van der Waals surface area contributed by atoms with Crippen molar-refractivity contribution in [2.45, 2.75) is 12.8 Å². The average molecular weight is 327 g/mol. The number of carbonyl (C=O) groups is 2. The van der Waals surface area contributed by atoms with Gasteiger partial charge in [-0.25, -0.2) is 0 Å². The quantitative estimate of drug-likeness (QED) is 0.515. The zero-order valence-corrected chi connectivity index (χ0v) is 8.89. The molecule has 11 heavy (non-hydrogen) atoms. The Bertz CT molecular complexity index is 167. The second-order valence-electron chi connectivity index (χ2n) is 2.30. The van der Waals surface area contributed by atoms with Gasteiger partial charge in [-0.15, -0.1) is 0 Å². The van der Waals surface area contributed by atoms with Crippen LogP contribution in [0.25, 0.3) is 0 Å². The van der Waals surface area contributed by atoms with Crippen LogP contribution in [0, 0.1) is 12.3 Å². The summed E-state index contributed by atoms with van der Waals surface area (Å²) in [6.07, 6.45) is 2.54. The molecule has 0 N–H and O–H groups in total. The van der Waals surface area contributed by atoms with Crippen LogP contribution in [0.2, 0.25) is 0 Å². The summed E-state index contributed by atoms with van der Waals surface area (Å²) in [6.45, 7) is 0. The molecule has 63 valence electrons. The Labute approximate surface area is 79.1 Å². The normalized spacial score (nSPS) is 21.9. The van der Waals surface area contributed by atoms with Gasteiger partial charge in [0.25, 0.3) is 5.97 Å². The number of hydrogen-bond acceptors (Lipinski definition) is 3. The van der Waals surface area contributed by atoms with Gasteiger partial charge in [-0.05, 0) is 18.1 Å². The molecule has 0 amide bonds. The standard InChI is InChI=1S/C7H9O3.Re/c1-10-7(9)5-2-3-6(8)4-5;/h4-5H,2-3H2,1H3;/q-1;/t5-;/m1./s1. The smallest absolute Gasteiger partial charge is 0.281 e. The first-order chi connectivity index (χ1) is 4.74. The number of rotatable bonds is 1. The summed E-state index contributed by atoms with van der Waals surface area (Å²) >= 11 is 0. The summed E-state index contributed by atoms with van der Waals surface area (Å²) in [7, 11) is 1.33. The summed E-state index contributed by atoms with van der Waals surface area (Å²) in [6, 6.07) is 0. The molecule has 0 aromatic heterocycles. The number of methoxy groups -OCH3 is 1. The maximum absolute atomic E-state index is 10.8. The van der Waals surface area contributed by atoms with Crippen LogP contribution in [0.1, 0.15) is 12.8 Å². The second-order valence-corrected chi connectivity index (χ2v) is 2.30. The van der Waals surface area contributed by atoms with E-state index < -0.39 is 0 Å². The Morgan fingerprint density at radius 2 is 2.36 bits per heavy atom. The molecular weight excluding hydrogens is 318 g/mol. The predicted octanol–water partition coefficient (Wildman–Crippen LogP) is 0.340. The number of esters is 1. The number of carbonyl (C=O) groups excluding carboxylic acids is 2. The van der Waals surface area contributed by atoms with Gasteiger partial charge in [0, 0.05) is 20.4 Å². The third-order valence-electron chi connectivity index (χ3n) is 1.59. The maximum atomic E-state index is 10.8. The minimum atomic E-state index is -0.300. The minimum absolute atomic E-state index is 0. The van der Waals surface area contributed by atoms with Crippen LogP contribution in [-0.2, 0) is 34.7 Å². The molecule has 1 aliphatic carbocycles. The van der Waals surface area contributed by atoms with Gasteiger partial charge >= 0.3 is 0 Å². The number of hydrogen-bond donors (Lipinski definition) is 0. The van der Waals surface area contributed by atoms with E-state index in [9.17, 15) is 9.59 Å². The first kappa shape index (κ1) is 10.7. The van der Waals surface area contributed by atoms with E-state index in [1.165, 1.54) is 13.5 Å². The van der Waals surface area contributed by atoms with Crippen LogP contribution in [0.4, 0.5) is 0 Å².